The lowest BCUT2D eigenvalue weighted by molar-refractivity contribution is -0.287. The first-order chi connectivity index (χ1) is 12.3. The van der Waals surface area contributed by atoms with Crippen molar-refractivity contribution >= 4 is 5.91 Å². The average molecular weight is 363 g/mol. The summed E-state index contributed by atoms with van der Waals surface area (Å²) in [5.41, 5.74) is 3.28. The largest absolute Gasteiger partial charge is 0.586 e. The number of para-hydroxylation sites is 1. The fourth-order valence-electron chi connectivity index (χ4n) is 3.70. The summed E-state index contributed by atoms with van der Waals surface area (Å²) in [5.74, 6) is 0.104. The van der Waals surface area contributed by atoms with Crippen molar-refractivity contribution in [3.63, 3.8) is 0 Å². The number of halogens is 2. The minimum Gasteiger partial charge on any atom is -0.395 e. The van der Waals surface area contributed by atoms with Gasteiger partial charge in [0.15, 0.2) is 11.5 Å². The molecule has 1 saturated heterocycles. The fourth-order valence-corrected chi connectivity index (χ4v) is 3.70. The number of ether oxygens (including phenoxy) is 2. The maximum Gasteiger partial charge on any atom is 0.586 e. The Balaban J connectivity index is 1.64. The zero-order chi connectivity index (χ0) is 18.5. The average Bonchev–Trinajstić information content (AvgIpc) is 3.03. The van der Waals surface area contributed by atoms with E-state index in [1.165, 1.54) is 6.07 Å². The van der Waals surface area contributed by atoms with Gasteiger partial charge >= 0.3 is 6.29 Å². The Morgan fingerprint density at radius 3 is 2.92 bits per heavy atom. The van der Waals surface area contributed by atoms with Crippen LogP contribution in [0, 0.1) is 13.8 Å². The minimum atomic E-state index is -3.65. The molecule has 2 aliphatic heterocycles. The number of hydrogen-bond acceptors (Lipinski definition) is 4. The van der Waals surface area contributed by atoms with E-state index in [1.54, 1.807) is 16.8 Å². The quantitative estimate of drug-likeness (QED) is 0.909. The Bertz CT molecular complexity index is 879. The smallest absolute Gasteiger partial charge is 0.395 e. The number of carbonyl (C=O) groups excluding carboxylic acids is 1. The number of rotatable bonds is 3. The summed E-state index contributed by atoms with van der Waals surface area (Å²) < 4.78 is 37.7. The second-order valence-corrected chi connectivity index (χ2v) is 6.67. The lowest BCUT2D eigenvalue weighted by atomic mass is 9.96. The summed E-state index contributed by atoms with van der Waals surface area (Å²) in [4.78, 5) is 11.7. The van der Waals surface area contributed by atoms with Crippen molar-refractivity contribution in [1.29, 1.82) is 0 Å². The summed E-state index contributed by atoms with van der Waals surface area (Å²) >= 11 is 0. The van der Waals surface area contributed by atoms with Gasteiger partial charge in [0.2, 0.25) is 5.91 Å². The molecule has 3 heterocycles. The molecule has 1 unspecified atom stereocenters. The Morgan fingerprint density at radius 2 is 2.15 bits per heavy atom. The molecule has 1 aromatic carbocycles. The molecule has 2 aromatic rings. The van der Waals surface area contributed by atoms with Gasteiger partial charge in [-0.15, -0.1) is 8.78 Å². The van der Waals surface area contributed by atoms with E-state index in [9.17, 15) is 13.6 Å². The summed E-state index contributed by atoms with van der Waals surface area (Å²) in [6, 6.07) is 4.74. The van der Waals surface area contributed by atoms with Crippen molar-refractivity contribution in [2.75, 3.05) is 0 Å². The maximum atomic E-state index is 13.4. The molecule has 1 atom stereocenters. The van der Waals surface area contributed by atoms with E-state index >= 15 is 0 Å². The molecule has 26 heavy (non-hydrogen) atoms. The highest BCUT2D eigenvalue weighted by Crippen LogP contribution is 2.43. The van der Waals surface area contributed by atoms with E-state index < -0.39 is 6.29 Å². The number of fused-ring (bicyclic) bond motifs is 1. The van der Waals surface area contributed by atoms with Gasteiger partial charge in [-0.2, -0.15) is 5.10 Å². The Hall–Kier alpha value is -2.64. The first kappa shape index (κ1) is 16.8. The Labute approximate surface area is 149 Å². The van der Waals surface area contributed by atoms with Gasteiger partial charge in [-0.05, 0) is 32.8 Å². The topological polar surface area (TPSA) is 65.4 Å². The number of benzene rings is 1. The van der Waals surface area contributed by atoms with Gasteiger partial charge in [0.05, 0.1) is 18.3 Å². The summed E-state index contributed by atoms with van der Waals surface area (Å²) in [6.07, 6.45) is -1.40. The van der Waals surface area contributed by atoms with E-state index in [4.69, 9.17) is 0 Å². The SMILES string of the molecule is Cc1nn(Cc2cccc3c2OC(F)(F)O3)c(C)c1C1CCCC(=O)N1. The van der Waals surface area contributed by atoms with Crippen molar-refractivity contribution in [2.45, 2.75) is 52.0 Å². The second kappa shape index (κ2) is 5.96. The fraction of sp³-hybridized carbons (Fsp3) is 0.444. The predicted molar refractivity (Wildman–Crippen MR) is 88.2 cm³/mol. The van der Waals surface area contributed by atoms with E-state index in [0.29, 0.717) is 12.0 Å². The van der Waals surface area contributed by atoms with Crippen LogP contribution in [0.4, 0.5) is 8.78 Å². The molecule has 0 spiro atoms. The maximum absolute atomic E-state index is 13.4. The van der Waals surface area contributed by atoms with Crippen molar-refractivity contribution in [3.8, 4) is 11.5 Å². The van der Waals surface area contributed by atoms with Crippen LogP contribution in [-0.4, -0.2) is 22.0 Å². The van der Waals surface area contributed by atoms with Crippen LogP contribution in [-0.2, 0) is 11.3 Å². The molecule has 0 radical (unpaired) electrons. The van der Waals surface area contributed by atoms with Gasteiger partial charge in [0, 0.05) is 23.2 Å². The van der Waals surface area contributed by atoms with Crippen LogP contribution in [0.15, 0.2) is 18.2 Å². The molecule has 0 saturated carbocycles. The molecule has 2 aliphatic rings. The standard InChI is InChI=1S/C18H19F2N3O3/c1-10-16(13-6-4-8-15(24)21-13)11(2)23(22-10)9-12-5-3-7-14-17(12)26-18(19,20)25-14/h3,5,7,13H,4,6,8-9H2,1-2H3,(H,21,24). The molecule has 1 fully saturated rings. The number of aromatic nitrogens is 2. The molecule has 6 nitrogen and oxygen atoms in total. The molecule has 4 rings (SSSR count). The van der Waals surface area contributed by atoms with Crippen LogP contribution in [0.3, 0.4) is 0 Å². The number of amides is 1. The van der Waals surface area contributed by atoms with Gasteiger partial charge in [-0.1, -0.05) is 12.1 Å². The van der Waals surface area contributed by atoms with Gasteiger partial charge in [0.1, 0.15) is 0 Å². The number of alkyl halides is 2. The lowest BCUT2D eigenvalue weighted by Gasteiger charge is -2.23. The molecule has 0 aliphatic carbocycles. The first-order valence-electron chi connectivity index (χ1n) is 8.55. The normalized spacial score (nSPS) is 20.9. The van der Waals surface area contributed by atoms with E-state index in [0.717, 1.165) is 29.8 Å². The van der Waals surface area contributed by atoms with Crippen molar-refractivity contribution < 1.29 is 23.0 Å². The Morgan fingerprint density at radius 1 is 1.35 bits per heavy atom. The van der Waals surface area contributed by atoms with E-state index in [-0.39, 0.29) is 30.0 Å². The highest BCUT2D eigenvalue weighted by atomic mass is 19.3. The molecule has 1 aromatic heterocycles. The molecular weight excluding hydrogens is 344 g/mol. The lowest BCUT2D eigenvalue weighted by Crippen LogP contribution is -2.33. The van der Waals surface area contributed by atoms with Crippen molar-refractivity contribution in [1.82, 2.24) is 15.1 Å². The van der Waals surface area contributed by atoms with Gasteiger partial charge in [0.25, 0.3) is 0 Å². The molecular formula is C18H19F2N3O3. The highest BCUT2D eigenvalue weighted by Gasteiger charge is 2.44. The summed E-state index contributed by atoms with van der Waals surface area (Å²) in [7, 11) is 0. The van der Waals surface area contributed by atoms with Crippen LogP contribution in [0.5, 0.6) is 11.5 Å². The van der Waals surface area contributed by atoms with Gasteiger partial charge in [-0.25, -0.2) is 0 Å². The number of piperidine rings is 1. The Kier molecular flexibility index (Phi) is 3.86. The van der Waals surface area contributed by atoms with Crippen LogP contribution < -0.4 is 14.8 Å². The monoisotopic (exact) mass is 363 g/mol. The highest BCUT2D eigenvalue weighted by molar-refractivity contribution is 5.77. The summed E-state index contributed by atoms with van der Waals surface area (Å²) in [5, 5.41) is 7.56. The van der Waals surface area contributed by atoms with Crippen LogP contribution in [0.1, 0.15) is 47.8 Å². The van der Waals surface area contributed by atoms with E-state index in [1.807, 2.05) is 13.8 Å². The molecule has 1 N–H and O–H groups in total. The zero-order valence-electron chi connectivity index (χ0n) is 14.5. The van der Waals surface area contributed by atoms with Gasteiger partial charge < -0.3 is 14.8 Å². The van der Waals surface area contributed by atoms with Crippen LogP contribution >= 0.6 is 0 Å². The third-order valence-electron chi connectivity index (χ3n) is 4.85. The van der Waals surface area contributed by atoms with E-state index in [2.05, 4.69) is 19.9 Å². The number of nitrogens with zero attached hydrogens (tertiary/aromatic N) is 2. The van der Waals surface area contributed by atoms with Crippen LogP contribution in [0.25, 0.3) is 0 Å². The molecule has 0 bridgehead atoms. The van der Waals surface area contributed by atoms with Gasteiger partial charge in [-0.3, -0.25) is 9.48 Å². The second-order valence-electron chi connectivity index (χ2n) is 6.67. The third kappa shape index (κ3) is 2.89. The number of nitrogens with one attached hydrogen (secondary N) is 1. The van der Waals surface area contributed by atoms with Crippen molar-refractivity contribution in [2.24, 2.45) is 0 Å². The minimum absolute atomic E-state index is 0.0220. The number of aryl methyl sites for hydroxylation is 1. The predicted octanol–water partition coefficient (Wildman–Crippen LogP) is 3.21. The zero-order valence-corrected chi connectivity index (χ0v) is 14.5. The first-order valence-corrected chi connectivity index (χ1v) is 8.55. The molecule has 138 valence electrons. The third-order valence-corrected chi connectivity index (χ3v) is 4.85. The molecule has 1 amide bonds. The molecule has 8 heteroatoms. The van der Waals surface area contributed by atoms with Crippen molar-refractivity contribution in [3.05, 3.63) is 40.7 Å². The summed E-state index contributed by atoms with van der Waals surface area (Å²) in [6.45, 7) is 4.09. The van der Waals surface area contributed by atoms with Crippen LogP contribution in [0.2, 0.25) is 0 Å². The number of carbonyl (C=O) groups is 1. The number of hydrogen-bond donors (Lipinski definition) is 1.